The van der Waals surface area contributed by atoms with Crippen molar-refractivity contribution >= 4 is 11.6 Å². The summed E-state index contributed by atoms with van der Waals surface area (Å²) in [7, 11) is 0. The van der Waals surface area contributed by atoms with Crippen LogP contribution >= 0.6 is 0 Å². The van der Waals surface area contributed by atoms with Gasteiger partial charge in [0.05, 0.1) is 12.2 Å². The normalized spacial score (nSPS) is 21.1. The van der Waals surface area contributed by atoms with Crippen LogP contribution < -0.4 is 10.6 Å². The predicted octanol–water partition coefficient (Wildman–Crippen LogP) is 1.38. The van der Waals surface area contributed by atoms with Crippen LogP contribution in [0.2, 0.25) is 0 Å². The molecule has 0 spiro atoms. The van der Waals surface area contributed by atoms with E-state index in [2.05, 4.69) is 0 Å². The molecular weight excluding hydrogens is 252 g/mol. The Morgan fingerprint density at radius 1 is 1.05 bits per heavy atom. The van der Waals surface area contributed by atoms with E-state index in [4.69, 9.17) is 5.73 Å². The first kappa shape index (κ1) is 12.8. The number of aliphatic hydroxyl groups is 1. The molecule has 0 saturated heterocycles. The van der Waals surface area contributed by atoms with E-state index in [0.29, 0.717) is 12.1 Å². The van der Waals surface area contributed by atoms with Crippen molar-refractivity contribution in [2.24, 2.45) is 5.73 Å². The molecule has 3 N–H and O–H groups in total. The lowest BCUT2D eigenvalue weighted by molar-refractivity contribution is -0.135. The number of hydrogen-bond acceptors (Lipinski definition) is 3. The second-order valence-corrected chi connectivity index (χ2v) is 4.96. The van der Waals surface area contributed by atoms with Gasteiger partial charge in [-0.1, -0.05) is 48.5 Å². The molecule has 20 heavy (non-hydrogen) atoms. The van der Waals surface area contributed by atoms with Gasteiger partial charge in [0.1, 0.15) is 0 Å². The Balaban J connectivity index is 2.03. The van der Waals surface area contributed by atoms with E-state index in [-0.39, 0.29) is 12.5 Å². The van der Waals surface area contributed by atoms with Crippen molar-refractivity contribution in [3.8, 4) is 0 Å². The number of nitrogens with two attached hydrogens (primary N) is 1. The Labute approximate surface area is 117 Å². The average Bonchev–Trinajstić information content (AvgIpc) is 2.72. The van der Waals surface area contributed by atoms with Gasteiger partial charge in [-0.25, -0.2) is 0 Å². The molecule has 0 radical (unpaired) electrons. The summed E-state index contributed by atoms with van der Waals surface area (Å²) in [5.41, 5.74) is 6.35. The van der Waals surface area contributed by atoms with Crippen LogP contribution in [0.25, 0.3) is 0 Å². The molecule has 2 aromatic carbocycles. The largest absolute Gasteiger partial charge is 0.374 e. The van der Waals surface area contributed by atoms with E-state index in [1.165, 1.54) is 0 Å². The minimum atomic E-state index is -1.61. The molecular formula is C16H16N2O2. The first-order valence-corrected chi connectivity index (χ1v) is 6.54. The van der Waals surface area contributed by atoms with Crippen molar-refractivity contribution in [2.75, 3.05) is 11.4 Å². The highest BCUT2D eigenvalue weighted by Gasteiger charge is 2.48. The van der Waals surface area contributed by atoms with E-state index in [9.17, 15) is 9.90 Å². The molecule has 4 heteroatoms. The molecule has 0 fully saturated rings. The number of fused-ring (bicyclic) bond motifs is 1. The molecule has 1 aliphatic heterocycles. The third-order valence-electron chi connectivity index (χ3n) is 3.72. The molecule has 4 nitrogen and oxygen atoms in total. The average molecular weight is 268 g/mol. The van der Waals surface area contributed by atoms with E-state index < -0.39 is 5.60 Å². The fourth-order valence-corrected chi connectivity index (χ4v) is 2.63. The summed E-state index contributed by atoms with van der Waals surface area (Å²) in [4.78, 5) is 14.1. The number of nitrogens with zero attached hydrogens (tertiary/aromatic N) is 1. The lowest BCUT2D eigenvalue weighted by Crippen LogP contribution is -2.45. The van der Waals surface area contributed by atoms with Gasteiger partial charge in [-0.15, -0.1) is 0 Å². The molecule has 1 unspecified atom stereocenters. The van der Waals surface area contributed by atoms with Gasteiger partial charge in [0.15, 0.2) is 5.60 Å². The lowest BCUT2D eigenvalue weighted by atomic mass is 9.96. The first-order chi connectivity index (χ1) is 9.66. The number of benzene rings is 2. The number of rotatable bonds is 3. The maximum Gasteiger partial charge on any atom is 0.265 e. The standard InChI is InChI=1S/C16H16N2O2/c17-11-16(20)13-8-4-5-9-14(13)18(15(16)19)10-12-6-2-1-3-7-12/h1-9,20H,10-11,17H2. The van der Waals surface area contributed by atoms with E-state index >= 15 is 0 Å². The highest BCUT2D eigenvalue weighted by Crippen LogP contribution is 2.40. The van der Waals surface area contributed by atoms with E-state index in [1.54, 1.807) is 17.0 Å². The van der Waals surface area contributed by atoms with Crippen LogP contribution in [0.4, 0.5) is 5.69 Å². The van der Waals surface area contributed by atoms with E-state index in [1.807, 2.05) is 42.5 Å². The molecule has 0 saturated carbocycles. The van der Waals surface area contributed by atoms with Crippen LogP contribution in [0.3, 0.4) is 0 Å². The van der Waals surface area contributed by atoms with Crippen molar-refractivity contribution in [3.63, 3.8) is 0 Å². The van der Waals surface area contributed by atoms with Gasteiger partial charge >= 0.3 is 0 Å². The molecule has 0 aromatic heterocycles. The minimum Gasteiger partial charge on any atom is -0.374 e. The number of para-hydroxylation sites is 1. The zero-order valence-corrected chi connectivity index (χ0v) is 11.0. The molecule has 1 amide bonds. The van der Waals surface area contributed by atoms with Gasteiger partial charge in [-0.2, -0.15) is 0 Å². The Hall–Kier alpha value is -2.17. The highest BCUT2D eigenvalue weighted by molar-refractivity contribution is 6.06. The van der Waals surface area contributed by atoms with Gasteiger partial charge < -0.3 is 15.7 Å². The van der Waals surface area contributed by atoms with Gasteiger partial charge in [-0.3, -0.25) is 4.79 Å². The molecule has 2 aromatic rings. The summed E-state index contributed by atoms with van der Waals surface area (Å²) in [6, 6.07) is 16.9. The molecule has 1 atom stereocenters. The van der Waals surface area contributed by atoms with Crippen LogP contribution in [0.1, 0.15) is 11.1 Å². The van der Waals surface area contributed by atoms with Crippen molar-refractivity contribution in [1.82, 2.24) is 0 Å². The minimum absolute atomic E-state index is 0.117. The summed E-state index contributed by atoms with van der Waals surface area (Å²) < 4.78 is 0. The Morgan fingerprint density at radius 3 is 2.40 bits per heavy atom. The Kier molecular flexibility index (Phi) is 3.04. The number of anilines is 1. The second kappa shape index (κ2) is 4.74. The zero-order valence-electron chi connectivity index (χ0n) is 11.0. The Bertz CT molecular complexity index is 642. The summed E-state index contributed by atoms with van der Waals surface area (Å²) in [6.07, 6.45) is 0. The number of carbonyl (C=O) groups is 1. The summed E-state index contributed by atoms with van der Waals surface area (Å²) >= 11 is 0. The van der Waals surface area contributed by atoms with Crippen molar-refractivity contribution in [1.29, 1.82) is 0 Å². The number of hydrogen-bond donors (Lipinski definition) is 2. The third kappa shape index (κ3) is 1.81. The van der Waals surface area contributed by atoms with Crippen LogP contribution in [0, 0.1) is 0 Å². The van der Waals surface area contributed by atoms with Gasteiger partial charge in [-0.05, 0) is 11.6 Å². The molecule has 3 rings (SSSR count). The van der Waals surface area contributed by atoms with Gasteiger partial charge in [0, 0.05) is 12.1 Å². The van der Waals surface area contributed by atoms with Crippen LogP contribution in [0.15, 0.2) is 54.6 Å². The maximum absolute atomic E-state index is 12.5. The molecule has 1 heterocycles. The molecule has 102 valence electrons. The summed E-state index contributed by atoms with van der Waals surface area (Å²) in [6.45, 7) is 0.313. The smallest absolute Gasteiger partial charge is 0.265 e. The number of amides is 1. The molecule has 0 bridgehead atoms. The molecule has 0 aliphatic carbocycles. The summed E-state index contributed by atoms with van der Waals surface area (Å²) in [5, 5.41) is 10.6. The number of carbonyl (C=O) groups excluding carboxylic acids is 1. The lowest BCUT2D eigenvalue weighted by Gasteiger charge is -2.21. The zero-order chi connectivity index (χ0) is 14.2. The van der Waals surface area contributed by atoms with Gasteiger partial charge in [0.2, 0.25) is 0 Å². The molecule has 1 aliphatic rings. The van der Waals surface area contributed by atoms with Crippen LogP contribution in [-0.2, 0) is 16.9 Å². The monoisotopic (exact) mass is 268 g/mol. The maximum atomic E-state index is 12.5. The van der Waals surface area contributed by atoms with Crippen molar-refractivity contribution in [2.45, 2.75) is 12.1 Å². The van der Waals surface area contributed by atoms with Crippen molar-refractivity contribution in [3.05, 3.63) is 65.7 Å². The second-order valence-electron chi connectivity index (χ2n) is 4.96. The quantitative estimate of drug-likeness (QED) is 0.883. The Morgan fingerprint density at radius 2 is 1.70 bits per heavy atom. The van der Waals surface area contributed by atoms with Crippen LogP contribution in [-0.4, -0.2) is 17.6 Å². The van der Waals surface area contributed by atoms with Gasteiger partial charge in [0.25, 0.3) is 5.91 Å². The summed E-state index contributed by atoms with van der Waals surface area (Å²) in [5.74, 6) is -0.356. The van der Waals surface area contributed by atoms with E-state index in [0.717, 1.165) is 11.3 Å². The highest BCUT2D eigenvalue weighted by atomic mass is 16.3. The fraction of sp³-hybridized carbons (Fsp3) is 0.188. The third-order valence-corrected chi connectivity index (χ3v) is 3.72. The topological polar surface area (TPSA) is 66.6 Å². The SMILES string of the molecule is NCC1(O)C(=O)N(Cc2ccccc2)c2ccccc21. The predicted molar refractivity (Wildman–Crippen MR) is 77.0 cm³/mol. The van der Waals surface area contributed by atoms with Crippen LogP contribution in [0.5, 0.6) is 0 Å². The first-order valence-electron chi connectivity index (χ1n) is 6.54. The fourth-order valence-electron chi connectivity index (χ4n) is 2.63. The van der Waals surface area contributed by atoms with Crippen molar-refractivity contribution < 1.29 is 9.90 Å².